The third-order valence-corrected chi connectivity index (χ3v) is 29.9. The average Bonchev–Trinajstić information content (AvgIpc) is 1.66. The number of nitrogens with one attached hydrogen (secondary N) is 7. The number of unbranched alkanes of at least 4 members (excludes halogenated alkanes) is 1. The summed E-state index contributed by atoms with van der Waals surface area (Å²) < 4.78 is 0. The summed E-state index contributed by atoms with van der Waals surface area (Å²) >= 11 is 0. The summed E-state index contributed by atoms with van der Waals surface area (Å²) in [6.45, 7) is 1.91. The summed E-state index contributed by atoms with van der Waals surface area (Å²) in [6, 6.07) is -13.7. The minimum atomic E-state index is -1.00. The van der Waals surface area contributed by atoms with Crippen LogP contribution in [0.2, 0.25) is 0 Å². The number of rotatable bonds is 32. The van der Waals surface area contributed by atoms with Gasteiger partial charge in [-0.1, -0.05) is 19.8 Å². The summed E-state index contributed by atoms with van der Waals surface area (Å²) in [5, 5.41) is 18.5. The maximum atomic E-state index is 14.5. The van der Waals surface area contributed by atoms with E-state index in [1.807, 2.05) is 6.92 Å². The lowest BCUT2D eigenvalue weighted by molar-refractivity contribution is -0.148. The molecule has 0 unspecified atom stereocenters. The van der Waals surface area contributed by atoms with E-state index in [4.69, 9.17) is 11.5 Å². The van der Waals surface area contributed by atoms with E-state index >= 15 is 0 Å². The maximum Gasteiger partial charge on any atom is 0.246 e. The molecule has 14 aliphatic rings. The first-order valence-electron chi connectivity index (χ1n) is 49.1. The van der Waals surface area contributed by atoms with Crippen molar-refractivity contribution in [3.8, 4) is 0 Å². The van der Waals surface area contributed by atoms with E-state index in [-0.39, 0.29) is 148 Å². The fourth-order valence-electron chi connectivity index (χ4n) is 23.0. The van der Waals surface area contributed by atoms with Crippen LogP contribution in [0, 0.1) is 0 Å². The Bertz CT molecular complexity index is 4480. The van der Waals surface area contributed by atoms with Crippen LogP contribution in [-0.4, -0.2) is 427 Å². The molecule has 0 spiro atoms. The molecule has 22 amide bonds. The number of primary amides is 1. The van der Waals surface area contributed by atoms with E-state index in [9.17, 15) is 105 Å². The molecule has 14 fully saturated rings. The highest BCUT2D eigenvalue weighted by Crippen LogP contribution is 2.35. The Balaban J connectivity index is 0.487. The number of hydrogen-bond donors (Lipinski definition) is 9. The number of carbonyl (C=O) groups is 22. The van der Waals surface area contributed by atoms with E-state index in [0.717, 1.165) is 12.8 Å². The van der Waals surface area contributed by atoms with Gasteiger partial charge in [-0.05, 0) is 186 Å². The number of nitrogens with zero attached hydrogens (tertiary/aromatic N) is 14. The number of nitrogens with two attached hydrogens (primary N) is 2. The largest absolute Gasteiger partial charge is 0.368 e. The number of amides is 22. The first-order chi connectivity index (χ1) is 65.0. The molecule has 11 N–H and O–H groups in total. The normalized spacial score (nSPS) is 27.4. The van der Waals surface area contributed by atoms with Gasteiger partial charge in [-0.2, -0.15) is 0 Å². The lowest BCUT2D eigenvalue weighted by atomic mass is 10.1. The number of carbonyl (C=O) groups excluding carboxylic acids is 22. The molecule has 45 heteroatoms. The summed E-state index contributed by atoms with van der Waals surface area (Å²) in [7, 11) is 0. The highest BCUT2D eigenvalue weighted by Gasteiger charge is 2.52. The average molecular weight is 1890 g/mol. The van der Waals surface area contributed by atoms with Crippen molar-refractivity contribution in [3.63, 3.8) is 0 Å². The Morgan fingerprint density at radius 2 is 0.370 bits per heavy atom. The van der Waals surface area contributed by atoms with Gasteiger partial charge in [0.25, 0.3) is 0 Å². The Morgan fingerprint density at radius 1 is 0.222 bits per heavy atom. The van der Waals surface area contributed by atoms with Crippen LogP contribution in [0.4, 0.5) is 0 Å². The van der Waals surface area contributed by atoms with E-state index in [1.165, 1.54) is 68.6 Å². The summed E-state index contributed by atoms with van der Waals surface area (Å²) in [5.74, 6) is -11.4. The van der Waals surface area contributed by atoms with Crippen molar-refractivity contribution in [2.75, 3.05) is 137 Å². The molecular formula is C90H133N23O22. The topological polar surface area (TPSA) is 557 Å². The van der Waals surface area contributed by atoms with Crippen LogP contribution in [0.5, 0.6) is 0 Å². The van der Waals surface area contributed by atoms with Crippen LogP contribution in [0.15, 0.2) is 0 Å². The number of likely N-dealkylation sites (tertiary alicyclic amines) is 14. The van der Waals surface area contributed by atoms with Gasteiger partial charge in [0.2, 0.25) is 130 Å². The van der Waals surface area contributed by atoms with Gasteiger partial charge in [0.05, 0.1) is 51.9 Å². The van der Waals surface area contributed by atoms with Crippen molar-refractivity contribution >= 4 is 130 Å². The zero-order valence-corrected chi connectivity index (χ0v) is 77.3. The van der Waals surface area contributed by atoms with Crippen molar-refractivity contribution < 1.29 is 105 Å². The van der Waals surface area contributed by atoms with Gasteiger partial charge in [0.1, 0.15) is 84.6 Å². The van der Waals surface area contributed by atoms with Crippen molar-refractivity contribution in [1.82, 2.24) is 106 Å². The van der Waals surface area contributed by atoms with E-state index in [1.54, 1.807) is 0 Å². The molecule has 0 radical (unpaired) electrons. The van der Waals surface area contributed by atoms with Gasteiger partial charge in [0, 0.05) is 91.6 Å². The summed E-state index contributed by atoms with van der Waals surface area (Å²) in [6.07, 6.45) is 13.3. The molecular weight excluding hydrogens is 1760 g/mol. The molecule has 45 nitrogen and oxygen atoms in total. The van der Waals surface area contributed by atoms with Crippen LogP contribution in [0.1, 0.15) is 206 Å². The second kappa shape index (κ2) is 44.9. The van der Waals surface area contributed by atoms with Crippen molar-refractivity contribution in [2.24, 2.45) is 11.5 Å². The van der Waals surface area contributed by atoms with E-state index < -0.39 is 248 Å². The van der Waals surface area contributed by atoms with Crippen molar-refractivity contribution in [2.45, 2.75) is 297 Å². The number of hydrogen-bond acceptors (Lipinski definition) is 23. The molecule has 135 heavy (non-hydrogen) atoms. The molecule has 0 saturated carbocycles. The predicted octanol–water partition coefficient (Wildman–Crippen LogP) is -6.32. The van der Waals surface area contributed by atoms with Crippen molar-refractivity contribution in [3.05, 3.63) is 0 Å². The monoisotopic (exact) mass is 1890 g/mol. The van der Waals surface area contributed by atoms with Crippen LogP contribution in [-0.2, 0) is 105 Å². The molecule has 14 rings (SSSR count). The third kappa shape index (κ3) is 22.1. The minimum Gasteiger partial charge on any atom is -0.368 e. The molecule has 0 aromatic carbocycles. The summed E-state index contributed by atoms with van der Waals surface area (Å²) in [5.41, 5.74) is 11.4. The van der Waals surface area contributed by atoms with Gasteiger partial charge < -0.3 is 117 Å². The van der Waals surface area contributed by atoms with Crippen LogP contribution < -0.4 is 48.7 Å². The molecule has 0 aromatic heterocycles. The second-order valence-electron chi connectivity index (χ2n) is 38.2. The standard InChI is InChI=1S/C90H133N23O22/c1-2-3-18-54(91)83(128)113-46-17-32-68(113)90(135)112-45-10-25-61(112)82(127)99-53-75(120)105-38-16-31-67(105)89(134)111-44-9-24-60(111)81(126)98-52-74(119)104-37-15-30-66(104)88(133)110-43-8-23-59(110)80(125)97-51-73(118)103-36-14-29-65(103)87(132)109-42-7-22-58(109)79(124)96-50-72(117)102-35-13-28-64(102)86(131)108-41-6-21-57(108)78(123)95-49-71(116)101-34-12-27-63(101)85(130)107-40-5-20-56(107)77(122)94-48-70(115)100-33-11-26-62(100)84(129)106-39-4-19-55(106)76(121)93-47-69(92)114/h54-68H,2-53,91H2,1H3,(H2,92,114)(H,93,121)(H,94,122)(H,95,123)(H,96,124)(H,97,125)(H,98,126)(H,99,127)/t54-,55-,56-,57-,58-,59-,60-,61-,62-,63-,64-,65-,66-,67-,68-/m0/s1. The fraction of sp³-hybridized carbons (Fsp3) is 0.756. The molecule has 740 valence electrons. The zero-order valence-electron chi connectivity index (χ0n) is 77.3. The van der Waals surface area contributed by atoms with Gasteiger partial charge in [0.15, 0.2) is 0 Å². The highest BCUT2D eigenvalue weighted by molar-refractivity contribution is 6.03. The molecule has 14 heterocycles. The van der Waals surface area contributed by atoms with E-state index in [2.05, 4.69) is 37.2 Å². The van der Waals surface area contributed by atoms with Crippen LogP contribution >= 0.6 is 0 Å². The lowest BCUT2D eigenvalue weighted by Crippen LogP contribution is -2.57. The first kappa shape index (κ1) is 99.3. The highest BCUT2D eigenvalue weighted by atomic mass is 16.2. The van der Waals surface area contributed by atoms with Gasteiger partial charge in [-0.25, -0.2) is 0 Å². The smallest absolute Gasteiger partial charge is 0.246 e. The van der Waals surface area contributed by atoms with Gasteiger partial charge in [-0.3, -0.25) is 105 Å². The Labute approximate surface area is 783 Å². The van der Waals surface area contributed by atoms with Crippen molar-refractivity contribution in [1.29, 1.82) is 0 Å². The predicted molar refractivity (Wildman–Crippen MR) is 474 cm³/mol. The Hall–Kier alpha value is -11.7. The van der Waals surface area contributed by atoms with Gasteiger partial charge >= 0.3 is 0 Å². The molecule has 0 aliphatic carbocycles. The maximum absolute atomic E-state index is 14.5. The second-order valence-corrected chi connectivity index (χ2v) is 38.2. The molecule has 15 atom stereocenters. The summed E-state index contributed by atoms with van der Waals surface area (Å²) in [4.78, 5) is 324. The lowest BCUT2D eigenvalue weighted by Gasteiger charge is -2.33. The first-order valence-corrected chi connectivity index (χ1v) is 49.1. The quantitative estimate of drug-likeness (QED) is 0.0302. The van der Waals surface area contributed by atoms with Gasteiger partial charge in [-0.15, -0.1) is 0 Å². The zero-order chi connectivity index (χ0) is 96.2. The fourth-order valence-corrected chi connectivity index (χ4v) is 23.0. The van der Waals surface area contributed by atoms with E-state index in [0.29, 0.717) is 148 Å². The van der Waals surface area contributed by atoms with Crippen LogP contribution in [0.3, 0.4) is 0 Å². The molecule has 0 bridgehead atoms. The Kier molecular flexibility index (Phi) is 33.0. The Morgan fingerprint density at radius 3 is 0.541 bits per heavy atom. The van der Waals surface area contributed by atoms with Crippen LogP contribution in [0.25, 0.3) is 0 Å². The molecule has 14 saturated heterocycles. The third-order valence-electron chi connectivity index (χ3n) is 29.9. The SMILES string of the molecule is CCCC[C@H](N)C(=O)N1CCC[C@H]1C(=O)N1CCC[C@H]1C(=O)NCC(=O)N1CCC[C@H]1C(=O)N1CCC[C@H]1C(=O)NCC(=O)N1CCC[C@H]1C(=O)N1CCC[C@H]1C(=O)NCC(=O)N1CCC[C@H]1C(=O)N1CCC[C@H]1C(=O)NCC(=O)N1CCC[C@H]1C(=O)N1CCC[C@H]1C(=O)NCC(=O)N1CCC[C@H]1C(=O)N1CCC[C@H]1C(=O)NCC(=O)N1CCC[C@H]1C(=O)N1CCC[C@H]1C(=O)NCC(N)=O. The molecule has 14 aliphatic heterocycles. The minimum absolute atomic E-state index is 0.177. The molecule has 0 aromatic rings.